The van der Waals surface area contributed by atoms with Crippen LogP contribution in [0.4, 0.5) is 0 Å². The van der Waals surface area contributed by atoms with Crippen molar-refractivity contribution in [2.24, 2.45) is 5.92 Å². The topological polar surface area (TPSA) is 47.6 Å². The molecule has 0 unspecified atom stereocenters. The van der Waals surface area contributed by atoms with Crippen LogP contribution in [0.1, 0.15) is 48.5 Å². The Bertz CT molecular complexity index is 458. The van der Waals surface area contributed by atoms with Crippen molar-refractivity contribution in [3.05, 3.63) is 35.4 Å². The number of carbonyl (C=O) groups is 1. The molecule has 0 radical (unpaired) electrons. The van der Waals surface area contributed by atoms with E-state index in [0.717, 1.165) is 12.0 Å². The van der Waals surface area contributed by atoms with Crippen LogP contribution in [0.15, 0.2) is 24.3 Å². The van der Waals surface area contributed by atoms with Crippen molar-refractivity contribution in [3.8, 4) is 0 Å². The van der Waals surface area contributed by atoms with Gasteiger partial charge in [0.2, 0.25) is 0 Å². The summed E-state index contributed by atoms with van der Waals surface area (Å²) in [5, 5.41) is 2.91. The largest absolute Gasteiger partial charge is 0.380 e. The van der Waals surface area contributed by atoms with Crippen LogP contribution >= 0.6 is 0 Å². The summed E-state index contributed by atoms with van der Waals surface area (Å²) < 4.78 is 11.0. The molecule has 122 valence electrons. The normalized spacial score (nSPS) is 21.5. The monoisotopic (exact) mass is 305 g/mol. The summed E-state index contributed by atoms with van der Waals surface area (Å²) in [4.78, 5) is 12.0. The Morgan fingerprint density at radius 1 is 1.23 bits per heavy atom. The van der Waals surface area contributed by atoms with Gasteiger partial charge >= 0.3 is 0 Å². The summed E-state index contributed by atoms with van der Waals surface area (Å²) in [6, 6.07) is 7.48. The molecule has 4 nitrogen and oxygen atoms in total. The number of carbonyl (C=O) groups excluding carboxylic acids is 1. The highest BCUT2D eigenvalue weighted by Crippen LogP contribution is 2.25. The average Bonchev–Trinajstić information content (AvgIpc) is 2.54. The maximum atomic E-state index is 12.0. The third-order valence-electron chi connectivity index (χ3n) is 4.28. The van der Waals surface area contributed by atoms with Crippen LogP contribution in [-0.2, 0) is 16.1 Å². The van der Waals surface area contributed by atoms with E-state index in [0.29, 0.717) is 37.3 Å². The van der Waals surface area contributed by atoms with Gasteiger partial charge in [0.1, 0.15) is 0 Å². The van der Waals surface area contributed by atoms with Gasteiger partial charge in [-0.15, -0.1) is 0 Å². The van der Waals surface area contributed by atoms with Gasteiger partial charge in [0, 0.05) is 19.2 Å². The van der Waals surface area contributed by atoms with Gasteiger partial charge in [0.05, 0.1) is 19.3 Å². The highest BCUT2D eigenvalue weighted by Gasteiger charge is 2.21. The first-order chi connectivity index (χ1) is 10.7. The van der Waals surface area contributed by atoms with Crippen molar-refractivity contribution in [3.63, 3.8) is 0 Å². The molecule has 1 aliphatic carbocycles. The van der Waals surface area contributed by atoms with Crippen molar-refractivity contribution < 1.29 is 14.3 Å². The van der Waals surface area contributed by atoms with Gasteiger partial charge in [-0.25, -0.2) is 0 Å². The molecule has 1 fully saturated rings. The molecule has 0 saturated heterocycles. The van der Waals surface area contributed by atoms with Gasteiger partial charge in [-0.1, -0.05) is 31.9 Å². The number of hydrogen-bond donors (Lipinski definition) is 1. The molecule has 1 saturated carbocycles. The van der Waals surface area contributed by atoms with Crippen molar-refractivity contribution in [1.29, 1.82) is 0 Å². The molecule has 1 N–H and O–H groups in total. The maximum Gasteiger partial charge on any atom is 0.251 e. The second kappa shape index (κ2) is 8.91. The fraction of sp³-hybridized carbons (Fsp3) is 0.611. The fourth-order valence-corrected chi connectivity index (χ4v) is 2.93. The molecular weight excluding hydrogens is 278 g/mol. The lowest BCUT2D eigenvalue weighted by Crippen LogP contribution is -2.31. The number of ether oxygens (including phenoxy) is 2. The first kappa shape index (κ1) is 17.0. The molecule has 2 rings (SSSR count). The molecule has 0 aliphatic heterocycles. The second-order valence-electron chi connectivity index (χ2n) is 6.06. The molecule has 1 aliphatic rings. The zero-order valence-corrected chi connectivity index (χ0v) is 13.6. The lowest BCUT2D eigenvalue weighted by atomic mass is 9.88. The summed E-state index contributed by atoms with van der Waals surface area (Å²) >= 11 is 0. The summed E-state index contributed by atoms with van der Waals surface area (Å²) in [6.07, 6.45) is 5.34. The summed E-state index contributed by atoms with van der Waals surface area (Å²) in [5.41, 5.74) is 1.74. The van der Waals surface area contributed by atoms with Gasteiger partial charge in [-0.3, -0.25) is 4.79 Å². The molecule has 0 aromatic heterocycles. The zero-order valence-electron chi connectivity index (χ0n) is 13.6. The van der Waals surface area contributed by atoms with Crippen LogP contribution < -0.4 is 5.32 Å². The standard InChI is InChI=1S/C18H27NO3/c1-14-5-3-4-6-17(14)22-12-11-19-18(20)16-9-7-15(8-10-16)13-21-2/h7-10,14,17H,3-6,11-13H2,1-2H3,(H,19,20)/t14-,17+/m0/s1. The van der Waals surface area contributed by atoms with Crippen LogP contribution in [0.5, 0.6) is 0 Å². The first-order valence-corrected chi connectivity index (χ1v) is 8.18. The number of rotatable bonds is 7. The minimum atomic E-state index is -0.0516. The van der Waals surface area contributed by atoms with Crippen molar-refractivity contribution in [2.45, 2.75) is 45.3 Å². The molecule has 1 aromatic rings. The SMILES string of the molecule is COCc1ccc(C(=O)NCCO[C@@H]2CCCC[C@@H]2C)cc1. The maximum absolute atomic E-state index is 12.0. The van der Waals surface area contributed by atoms with E-state index in [1.165, 1.54) is 19.3 Å². The van der Waals surface area contributed by atoms with Gasteiger partial charge in [-0.05, 0) is 36.5 Å². The van der Waals surface area contributed by atoms with E-state index in [9.17, 15) is 4.79 Å². The number of methoxy groups -OCH3 is 1. The molecule has 22 heavy (non-hydrogen) atoms. The smallest absolute Gasteiger partial charge is 0.251 e. The third kappa shape index (κ3) is 5.11. The Morgan fingerprint density at radius 3 is 2.64 bits per heavy atom. The predicted octanol–water partition coefficient (Wildman–Crippen LogP) is 3.16. The van der Waals surface area contributed by atoms with Crippen molar-refractivity contribution in [2.75, 3.05) is 20.3 Å². The molecule has 1 aromatic carbocycles. The first-order valence-electron chi connectivity index (χ1n) is 8.18. The lowest BCUT2D eigenvalue weighted by Gasteiger charge is -2.28. The Kier molecular flexibility index (Phi) is 6.87. The average molecular weight is 305 g/mol. The number of benzene rings is 1. The highest BCUT2D eigenvalue weighted by atomic mass is 16.5. The molecule has 2 atom stereocenters. The van der Waals surface area contributed by atoms with Crippen LogP contribution in [0.2, 0.25) is 0 Å². The van der Waals surface area contributed by atoms with Gasteiger partial charge in [0.15, 0.2) is 0 Å². The van der Waals surface area contributed by atoms with E-state index in [2.05, 4.69) is 12.2 Å². The second-order valence-corrected chi connectivity index (χ2v) is 6.06. The van der Waals surface area contributed by atoms with E-state index in [-0.39, 0.29) is 5.91 Å². The minimum Gasteiger partial charge on any atom is -0.380 e. The van der Waals surface area contributed by atoms with Crippen LogP contribution in [-0.4, -0.2) is 32.3 Å². The van der Waals surface area contributed by atoms with Crippen molar-refractivity contribution >= 4 is 5.91 Å². The van der Waals surface area contributed by atoms with Crippen LogP contribution in [0.3, 0.4) is 0 Å². The molecule has 1 amide bonds. The van der Waals surface area contributed by atoms with Crippen LogP contribution in [0.25, 0.3) is 0 Å². The predicted molar refractivity (Wildman–Crippen MR) is 86.9 cm³/mol. The Balaban J connectivity index is 1.68. The van der Waals surface area contributed by atoms with E-state index in [4.69, 9.17) is 9.47 Å². The summed E-state index contributed by atoms with van der Waals surface area (Å²) in [5.74, 6) is 0.585. The molecule has 0 spiro atoms. The zero-order chi connectivity index (χ0) is 15.8. The summed E-state index contributed by atoms with van der Waals surface area (Å²) in [7, 11) is 1.66. The van der Waals surface area contributed by atoms with E-state index in [1.807, 2.05) is 24.3 Å². The molecular formula is C18H27NO3. The van der Waals surface area contributed by atoms with Gasteiger partial charge < -0.3 is 14.8 Å². The van der Waals surface area contributed by atoms with E-state index < -0.39 is 0 Å². The fourth-order valence-electron chi connectivity index (χ4n) is 2.93. The number of amides is 1. The Labute approximate surface area is 133 Å². The highest BCUT2D eigenvalue weighted by molar-refractivity contribution is 5.94. The van der Waals surface area contributed by atoms with Gasteiger partial charge in [-0.2, -0.15) is 0 Å². The van der Waals surface area contributed by atoms with Gasteiger partial charge in [0.25, 0.3) is 5.91 Å². The minimum absolute atomic E-state index is 0.0516. The molecule has 4 heteroatoms. The van der Waals surface area contributed by atoms with Crippen LogP contribution in [0, 0.1) is 5.92 Å². The van der Waals surface area contributed by atoms with E-state index >= 15 is 0 Å². The molecule has 0 bridgehead atoms. The van der Waals surface area contributed by atoms with Crippen molar-refractivity contribution in [1.82, 2.24) is 5.32 Å². The Morgan fingerprint density at radius 2 is 1.95 bits per heavy atom. The summed E-state index contributed by atoms with van der Waals surface area (Å²) in [6.45, 7) is 3.96. The number of hydrogen-bond acceptors (Lipinski definition) is 3. The quantitative estimate of drug-likeness (QED) is 0.787. The van der Waals surface area contributed by atoms with E-state index in [1.54, 1.807) is 7.11 Å². The Hall–Kier alpha value is -1.39. The molecule has 0 heterocycles. The number of nitrogens with one attached hydrogen (secondary N) is 1. The lowest BCUT2D eigenvalue weighted by molar-refractivity contribution is -0.00293. The third-order valence-corrected chi connectivity index (χ3v) is 4.28.